The molecule has 1 N–H and O–H groups in total. The molecular weight excluding hydrogens is 420 g/mol. The topological polar surface area (TPSA) is 66.5 Å². The van der Waals surface area contributed by atoms with Gasteiger partial charge in [-0.05, 0) is 60.2 Å². The maximum absolute atomic E-state index is 13.5. The Morgan fingerprint density at radius 3 is 2.41 bits per heavy atom. The number of carbonyl (C=O) groups is 1. The van der Waals surface area contributed by atoms with Gasteiger partial charge in [0.2, 0.25) is 0 Å². The van der Waals surface area contributed by atoms with Gasteiger partial charge in [0.1, 0.15) is 0 Å². The van der Waals surface area contributed by atoms with Crippen LogP contribution in [0.5, 0.6) is 0 Å². The molecule has 5 nitrogen and oxygen atoms in total. The molecule has 3 aromatic carbocycles. The molecule has 32 heavy (non-hydrogen) atoms. The zero-order chi connectivity index (χ0) is 23.1. The van der Waals surface area contributed by atoms with Gasteiger partial charge >= 0.3 is 0 Å². The molecule has 1 atom stereocenters. The van der Waals surface area contributed by atoms with Gasteiger partial charge in [0, 0.05) is 17.3 Å². The van der Waals surface area contributed by atoms with E-state index in [2.05, 4.69) is 26.1 Å². The van der Waals surface area contributed by atoms with Crippen LogP contribution in [0.3, 0.4) is 0 Å². The minimum atomic E-state index is -3.81. The summed E-state index contributed by atoms with van der Waals surface area (Å²) in [6.45, 7) is 8.15. The van der Waals surface area contributed by atoms with Crippen LogP contribution in [0.25, 0.3) is 0 Å². The first-order chi connectivity index (χ1) is 15.1. The molecule has 166 valence electrons. The number of anilines is 2. The van der Waals surface area contributed by atoms with Gasteiger partial charge in [0.15, 0.2) is 0 Å². The molecule has 0 fully saturated rings. The van der Waals surface area contributed by atoms with Crippen molar-refractivity contribution in [3.8, 4) is 0 Å². The maximum Gasteiger partial charge on any atom is 0.264 e. The van der Waals surface area contributed by atoms with Crippen molar-refractivity contribution in [3.05, 3.63) is 89.5 Å². The number of hydrogen-bond donors (Lipinski definition) is 1. The molecule has 1 amide bonds. The Balaban J connectivity index is 1.66. The minimum absolute atomic E-state index is 0.109. The Bertz CT molecular complexity index is 1280. The molecule has 1 aliphatic heterocycles. The highest BCUT2D eigenvalue weighted by Crippen LogP contribution is 2.36. The van der Waals surface area contributed by atoms with Crippen LogP contribution in [-0.4, -0.2) is 20.4 Å². The molecule has 3 aromatic rings. The lowest BCUT2D eigenvalue weighted by molar-refractivity contribution is 0.102. The van der Waals surface area contributed by atoms with Crippen molar-refractivity contribution in [2.45, 2.75) is 50.5 Å². The SMILES string of the molecule is C[C@H]1Cc2ccccc2N1S(=O)(=O)c1cccc(C(=O)Nc2ccccc2C(C)(C)C)c1. The summed E-state index contributed by atoms with van der Waals surface area (Å²) in [4.78, 5) is 13.1. The number of para-hydroxylation sites is 2. The van der Waals surface area contributed by atoms with Crippen LogP contribution >= 0.6 is 0 Å². The van der Waals surface area contributed by atoms with Crippen molar-refractivity contribution < 1.29 is 13.2 Å². The molecule has 0 unspecified atom stereocenters. The zero-order valence-electron chi connectivity index (χ0n) is 18.8. The summed E-state index contributed by atoms with van der Waals surface area (Å²) < 4.78 is 28.5. The third kappa shape index (κ3) is 4.02. The van der Waals surface area contributed by atoms with Gasteiger partial charge in [0.25, 0.3) is 15.9 Å². The number of carbonyl (C=O) groups excluding carboxylic acids is 1. The predicted octanol–water partition coefficient (Wildman–Crippen LogP) is 5.38. The Morgan fingerprint density at radius 2 is 1.66 bits per heavy atom. The third-order valence-corrected chi connectivity index (χ3v) is 7.71. The van der Waals surface area contributed by atoms with Crippen LogP contribution in [-0.2, 0) is 21.9 Å². The largest absolute Gasteiger partial charge is 0.322 e. The van der Waals surface area contributed by atoms with E-state index >= 15 is 0 Å². The highest BCUT2D eigenvalue weighted by molar-refractivity contribution is 7.92. The molecule has 1 aliphatic rings. The molecule has 6 heteroatoms. The van der Waals surface area contributed by atoms with E-state index in [1.54, 1.807) is 18.2 Å². The van der Waals surface area contributed by atoms with E-state index in [0.29, 0.717) is 17.7 Å². The lowest BCUT2D eigenvalue weighted by atomic mass is 9.86. The van der Waals surface area contributed by atoms with Crippen molar-refractivity contribution >= 4 is 27.3 Å². The number of hydrogen-bond acceptors (Lipinski definition) is 3. The molecule has 1 heterocycles. The van der Waals surface area contributed by atoms with Gasteiger partial charge in [-0.15, -0.1) is 0 Å². The van der Waals surface area contributed by atoms with Crippen LogP contribution in [0.4, 0.5) is 11.4 Å². The summed E-state index contributed by atoms with van der Waals surface area (Å²) in [5, 5.41) is 2.96. The molecule has 0 saturated heterocycles. The van der Waals surface area contributed by atoms with Gasteiger partial charge in [-0.1, -0.05) is 63.2 Å². The van der Waals surface area contributed by atoms with Crippen LogP contribution in [0.1, 0.15) is 49.2 Å². The van der Waals surface area contributed by atoms with Crippen LogP contribution in [0.15, 0.2) is 77.7 Å². The Morgan fingerprint density at radius 1 is 0.969 bits per heavy atom. The Labute approximate surface area is 190 Å². The van der Waals surface area contributed by atoms with Gasteiger partial charge in [-0.2, -0.15) is 0 Å². The lowest BCUT2D eigenvalue weighted by Gasteiger charge is -2.25. The number of fused-ring (bicyclic) bond motifs is 1. The number of sulfonamides is 1. The molecule has 0 bridgehead atoms. The van der Waals surface area contributed by atoms with Crippen LogP contribution in [0, 0.1) is 0 Å². The predicted molar refractivity (Wildman–Crippen MR) is 129 cm³/mol. The highest BCUT2D eigenvalue weighted by Gasteiger charge is 2.36. The molecule has 0 radical (unpaired) electrons. The molecule has 0 spiro atoms. The maximum atomic E-state index is 13.5. The van der Waals surface area contributed by atoms with Crippen molar-refractivity contribution in [1.82, 2.24) is 0 Å². The average molecular weight is 449 g/mol. The Kier molecular flexibility index (Phi) is 5.59. The fourth-order valence-electron chi connectivity index (χ4n) is 4.26. The second-order valence-electron chi connectivity index (χ2n) is 9.26. The third-order valence-electron chi connectivity index (χ3n) is 5.78. The van der Waals surface area contributed by atoms with Gasteiger partial charge in [0.05, 0.1) is 10.6 Å². The summed E-state index contributed by atoms with van der Waals surface area (Å²) in [6.07, 6.45) is 0.666. The number of amides is 1. The molecular formula is C26H28N2O3S. The second-order valence-corrected chi connectivity index (χ2v) is 11.1. The summed E-state index contributed by atoms with van der Waals surface area (Å²) in [6, 6.07) is 21.3. The smallest absolute Gasteiger partial charge is 0.264 e. The number of benzene rings is 3. The summed E-state index contributed by atoms with van der Waals surface area (Å²) >= 11 is 0. The van der Waals surface area contributed by atoms with Gasteiger partial charge < -0.3 is 5.32 Å². The van der Waals surface area contributed by atoms with Crippen LogP contribution < -0.4 is 9.62 Å². The molecule has 0 aromatic heterocycles. The zero-order valence-corrected chi connectivity index (χ0v) is 19.6. The van der Waals surface area contributed by atoms with Crippen molar-refractivity contribution in [1.29, 1.82) is 0 Å². The molecule has 0 aliphatic carbocycles. The van der Waals surface area contributed by atoms with E-state index in [1.165, 1.54) is 10.4 Å². The number of nitrogens with zero attached hydrogens (tertiary/aromatic N) is 1. The fraction of sp³-hybridized carbons (Fsp3) is 0.269. The van der Waals surface area contributed by atoms with E-state index in [4.69, 9.17) is 0 Å². The fourth-order valence-corrected chi connectivity index (χ4v) is 5.99. The van der Waals surface area contributed by atoms with Crippen LogP contribution in [0.2, 0.25) is 0 Å². The van der Waals surface area contributed by atoms with Crippen molar-refractivity contribution in [2.24, 2.45) is 0 Å². The normalized spacial score (nSPS) is 16.0. The standard InChI is InChI=1S/C26H28N2O3S/c1-18-16-19-10-5-8-15-24(19)28(18)32(30,31)21-12-9-11-20(17-21)25(29)27-23-14-7-6-13-22(23)26(2,3)4/h5-15,17-18H,16H2,1-4H3,(H,27,29)/t18-/m0/s1. The van der Waals surface area contributed by atoms with Gasteiger partial charge in [-0.3, -0.25) is 9.10 Å². The van der Waals surface area contributed by atoms with Crippen molar-refractivity contribution in [2.75, 3.05) is 9.62 Å². The highest BCUT2D eigenvalue weighted by atomic mass is 32.2. The number of nitrogens with one attached hydrogen (secondary N) is 1. The minimum Gasteiger partial charge on any atom is -0.322 e. The lowest BCUT2D eigenvalue weighted by Crippen LogP contribution is -2.35. The summed E-state index contributed by atoms with van der Waals surface area (Å²) in [7, 11) is -3.81. The molecule has 4 rings (SSSR count). The first-order valence-electron chi connectivity index (χ1n) is 10.7. The first kappa shape index (κ1) is 22.1. The summed E-state index contributed by atoms with van der Waals surface area (Å²) in [5.74, 6) is -0.339. The van der Waals surface area contributed by atoms with E-state index in [9.17, 15) is 13.2 Å². The molecule has 0 saturated carbocycles. The van der Waals surface area contributed by atoms with Crippen molar-refractivity contribution in [3.63, 3.8) is 0 Å². The average Bonchev–Trinajstić information content (AvgIpc) is 3.10. The Hall–Kier alpha value is -3.12. The van der Waals surface area contributed by atoms with E-state index in [1.807, 2.05) is 55.5 Å². The number of rotatable bonds is 4. The first-order valence-corrected chi connectivity index (χ1v) is 12.2. The van der Waals surface area contributed by atoms with Gasteiger partial charge in [-0.25, -0.2) is 8.42 Å². The quantitative estimate of drug-likeness (QED) is 0.583. The summed E-state index contributed by atoms with van der Waals surface area (Å²) in [5.41, 5.74) is 3.61. The van der Waals surface area contributed by atoms with E-state index in [-0.39, 0.29) is 22.3 Å². The van der Waals surface area contributed by atoms with E-state index < -0.39 is 10.0 Å². The monoisotopic (exact) mass is 448 g/mol. The van der Waals surface area contributed by atoms with E-state index in [0.717, 1.165) is 16.8 Å². The second kappa shape index (κ2) is 8.10.